The number of carbonyl (C=O) groups excluding carboxylic acids is 1. The number of hydrogen-bond acceptors (Lipinski definition) is 4. The number of Topliss-reactive ketones (excluding diaryl/α,β-unsaturated/α-hetero) is 1. The first-order valence-electron chi connectivity index (χ1n) is 4.43. The normalized spacial score (nSPS) is 10.5. The SMILES string of the molecule is CC(C)C(=O)CSSc1ccccn1. The molecule has 0 amide bonds. The molecule has 76 valence electrons. The molecule has 0 saturated heterocycles. The van der Waals surface area contributed by atoms with Crippen LogP contribution in [-0.4, -0.2) is 16.5 Å². The minimum absolute atomic E-state index is 0.131. The number of hydrogen-bond donors (Lipinski definition) is 0. The number of rotatable bonds is 5. The predicted octanol–water partition coefficient (Wildman–Crippen LogP) is 3.05. The van der Waals surface area contributed by atoms with Crippen molar-refractivity contribution >= 4 is 27.4 Å². The zero-order valence-electron chi connectivity index (χ0n) is 8.27. The van der Waals surface area contributed by atoms with Gasteiger partial charge in [-0.25, -0.2) is 4.98 Å². The van der Waals surface area contributed by atoms with Crippen molar-refractivity contribution in [3.8, 4) is 0 Å². The third-order valence-electron chi connectivity index (χ3n) is 1.63. The topological polar surface area (TPSA) is 30.0 Å². The number of nitrogens with zero attached hydrogens (tertiary/aromatic N) is 1. The van der Waals surface area contributed by atoms with E-state index in [0.717, 1.165) is 5.03 Å². The second kappa shape index (κ2) is 6.09. The highest BCUT2D eigenvalue weighted by Gasteiger charge is 2.07. The van der Waals surface area contributed by atoms with Gasteiger partial charge in [0.25, 0.3) is 0 Å². The molecule has 0 spiro atoms. The fourth-order valence-electron chi connectivity index (χ4n) is 0.711. The number of aromatic nitrogens is 1. The molecule has 0 radical (unpaired) electrons. The van der Waals surface area contributed by atoms with Gasteiger partial charge < -0.3 is 0 Å². The second-order valence-corrected chi connectivity index (χ2v) is 5.45. The van der Waals surface area contributed by atoms with E-state index in [4.69, 9.17) is 0 Å². The molecule has 0 aliphatic carbocycles. The zero-order chi connectivity index (χ0) is 10.4. The summed E-state index contributed by atoms with van der Waals surface area (Å²) in [6, 6.07) is 5.77. The molecule has 1 aromatic heterocycles. The lowest BCUT2D eigenvalue weighted by molar-refractivity contribution is -0.119. The molecule has 0 saturated carbocycles. The molecule has 0 atom stereocenters. The van der Waals surface area contributed by atoms with Crippen LogP contribution in [0.1, 0.15) is 13.8 Å². The number of pyridine rings is 1. The van der Waals surface area contributed by atoms with Crippen LogP contribution in [0.25, 0.3) is 0 Å². The molecule has 4 heteroatoms. The van der Waals surface area contributed by atoms with Crippen LogP contribution in [0.3, 0.4) is 0 Å². The maximum Gasteiger partial charge on any atom is 0.146 e. The quantitative estimate of drug-likeness (QED) is 0.723. The lowest BCUT2D eigenvalue weighted by atomic mass is 10.1. The first kappa shape index (κ1) is 11.6. The van der Waals surface area contributed by atoms with Crippen molar-refractivity contribution in [3.63, 3.8) is 0 Å². The molecule has 2 nitrogen and oxygen atoms in total. The van der Waals surface area contributed by atoms with E-state index in [-0.39, 0.29) is 5.92 Å². The lowest BCUT2D eigenvalue weighted by Gasteiger charge is -2.02. The van der Waals surface area contributed by atoms with Crippen LogP contribution in [0.15, 0.2) is 29.4 Å². The van der Waals surface area contributed by atoms with E-state index >= 15 is 0 Å². The van der Waals surface area contributed by atoms with E-state index in [1.54, 1.807) is 27.8 Å². The van der Waals surface area contributed by atoms with Gasteiger partial charge in [-0.2, -0.15) is 0 Å². The standard InChI is InChI=1S/C10H13NOS2/c1-8(2)9(12)7-13-14-10-5-3-4-6-11-10/h3-6,8H,7H2,1-2H3. The maximum atomic E-state index is 11.3. The summed E-state index contributed by atoms with van der Waals surface area (Å²) in [4.78, 5) is 15.4. The highest BCUT2D eigenvalue weighted by atomic mass is 33.1. The van der Waals surface area contributed by atoms with Crippen molar-refractivity contribution in [2.24, 2.45) is 5.92 Å². The summed E-state index contributed by atoms with van der Waals surface area (Å²) in [7, 11) is 3.10. The molecule has 0 aliphatic rings. The summed E-state index contributed by atoms with van der Waals surface area (Å²) < 4.78 is 0. The van der Waals surface area contributed by atoms with Crippen LogP contribution >= 0.6 is 21.6 Å². The van der Waals surface area contributed by atoms with Crippen molar-refractivity contribution in [1.82, 2.24) is 4.98 Å². The Morgan fingerprint density at radius 2 is 2.29 bits per heavy atom. The summed E-state index contributed by atoms with van der Waals surface area (Å²) in [6.07, 6.45) is 1.76. The Morgan fingerprint density at radius 3 is 2.86 bits per heavy atom. The van der Waals surface area contributed by atoms with Gasteiger partial charge in [0, 0.05) is 12.1 Å². The number of ketones is 1. The number of carbonyl (C=O) groups is 1. The van der Waals surface area contributed by atoms with Crippen molar-refractivity contribution in [2.75, 3.05) is 5.75 Å². The molecule has 0 aliphatic heterocycles. The molecule has 1 aromatic rings. The van der Waals surface area contributed by atoms with Gasteiger partial charge in [0.15, 0.2) is 0 Å². The molecule has 0 unspecified atom stereocenters. The second-order valence-electron chi connectivity index (χ2n) is 3.13. The van der Waals surface area contributed by atoms with E-state index in [1.165, 1.54) is 0 Å². The van der Waals surface area contributed by atoms with Gasteiger partial charge in [0.05, 0.1) is 5.75 Å². The van der Waals surface area contributed by atoms with Crippen LogP contribution in [-0.2, 0) is 4.79 Å². The Labute approximate surface area is 92.3 Å². The Morgan fingerprint density at radius 1 is 1.50 bits per heavy atom. The van der Waals surface area contributed by atoms with Gasteiger partial charge in [-0.05, 0) is 22.9 Å². The molecule has 0 bridgehead atoms. The molecule has 1 heterocycles. The Hall–Kier alpha value is -0.480. The average molecular weight is 227 g/mol. The van der Waals surface area contributed by atoms with Gasteiger partial charge in [0.1, 0.15) is 10.8 Å². The van der Waals surface area contributed by atoms with Crippen LogP contribution in [0.2, 0.25) is 0 Å². The monoisotopic (exact) mass is 227 g/mol. The fourth-order valence-corrected chi connectivity index (χ4v) is 2.76. The van der Waals surface area contributed by atoms with Gasteiger partial charge in [-0.15, -0.1) is 0 Å². The van der Waals surface area contributed by atoms with Crippen LogP contribution in [0, 0.1) is 5.92 Å². The lowest BCUT2D eigenvalue weighted by Crippen LogP contribution is -2.08. The average Bonchev–Trinajstić information content (AvgIpc) is 2.19. The van der Waals surface area contributed by atoms with Crippen molar-refractivity contribution in [2.45, 2.75) is 18.9 Å². The summed E-state index contributed by atoms with van der Waals surface area (Å²) in [6.45, 7) is 3.85. The van der Waals surface area contributed by atoms with E-state index in [0.29, 0.717) is 11.5 Å². The molecule has 14 heavy (non-hydrogen) atoms. The Bertz CT molecular complexity index is 287. The van der Waals surface area contributed by atoms with E-state index in [2.05, 4.69) is 4.98 Å². The Balaban J connectivity index is 2.26. The van der Waals surface area contributed by atoms with Crippen molar-refractivity contribution < 1.29 is 4.79 Å². The van der Waals surface area contributed by atoms with Gasteiger partial charge in [-0.3, -0.25) is 4.79 Å². The summed E-state index contributed by atoms with van der Waals surface area (Å²) >= 11 is 0. The maximum absolute atomic E-state index is 11.3. The first-order valence-corrected chi connectivity index (χ1v) is 6.75. The van der Waals surface area contributed by atoms with Crippen LogP contribution in [0.5, 0.6) is 0 Å². The van der Waals surface area contributed by atoms with Crippen LogP contribution < -0.4 is 0 Å². The summed E-state index contributed by atoms with van der Waals surface area (Å²) in [5.41, 5.74) is 0. The van der Waals surface area contributed by atoms with Crippen LogP contribution in [0.4, 0.5) is 0 Å². The zero-order valence-corrected chi connectivity index (χ0v) is 9.90. The van der Waals surface area contributed by atoms with Gasteiger partial charge in [-0.1, -0.05) is 30.7 Å². The molecule has 0 aromatic carbocycles. The summed E-state index contributed by atoms with van der Waals surface area (Å²) in [5.74, 6) is 0.976. The molecular formula is C10H13NOS2. The third-order valence-corrected chi connectivity index (χ3v) is 3.78. The first-order chi connectivity index (χ1) is 6.70. The minimum atomic E-state index is 0.131. The highest BCUT2D eigenvalue weighted by molar-refractivity contribution is 8.76. The van der Waals surface area contributed by atoms with E-state index in [9.17, 15) is 4.79 Å². The largest absolute Gasteiger partial charge is 0.298 e. The van der Waals surface area contributed by atoms with Gasteiger partial charge in [0.2, 0.25) is 0 Å². The summed E-state index contributed by atoms with van der Waals surface area (Å²) in [5, 5.41) is 0.953. The minimum Gasteiger partial charge on any atom is -0.298 e. The Kier molecular flexibility index (Phi) is 5.04. The highest BCUT2D eigenvalue weighted by Crippen LogP contribution is 2.29. The molecule has 0 N–H and O–H groups in total. The molecular weight excluding hydrogens is 214 g/mol. The van der Waals surface area contributed by atoms with E-state index in [1.807, 2.05) is 32.0 Å². The molecule has 1 rings (SSSR count). The van der Waals surface area contributed by atoms with Crippen molar-refractivity contribution in [1.29, 1.82) is 0 Å². The predicted molar refractivity (Wildman–Crippen MR) is 62.4 cm³/mol. The fraction of sp³-hybridized carbons (Fsp3) is 0.400. The van der Waals surface area contributed by atoms with Gasteiger partial charge >= 0.3 is 0 Å². The smallest absolute Gasteiger partial charge is 0.146 e. The third kappa shape index (κ3) is 4.15. The van der Waals surface area contributed by atoms with Crippen molar-refractivity contribution in [3.05, 3.63) is 24.4 Å². The van der Waals surface area contributed by atoms with E-state index < -0.39 is 0 Å². The molecule has 0 fully saturated rings.